The largest absolute Gasteiger partial charge is 0.481 e. The number of ether oxygens (including phenoxy) is 1. The number of H-pyrrole nitrogens is 1. The van der Waals surface area contributed by atoms with E-state index >= 15 is 0 Å². The zero-order valence-electron chi connectivity index (χ0n) is 14.1. The second-order valence-corrected chi connectivity index (χ2v) is 8.54. The molecule has 6 atom stereocenters. The second kappa shape index (κ2) is 9.07. The van der Waals surface area contributed by atoms with Crippen LogP contribution in [0.5, 0.6) is 0 Å². The molecule has 0 aliphatic carbocycles. The first-order valence-electron chi connectivity index (χ1n) is 7.65. The van der Waals surface area contributed by atoms with Gasteiger partial charge in [-0.1, -0.05) is 0 Å². The van der Waals surface area contributed by atoms with E-state index in [1.807, 2.05) is 4.98 Å². The van der Waals surface area contributed by atoms with Gasteiger partial charge < -0.3 is 30.5 Å². The van der Waals surface area contributed by atoms with Crippen LogP contribution in [-0.2, 0) is 27.2 Å². The van der Waals surface area contributed by atoms with E-state index in [9.17, 15) is 38.7 Å². The number of hydrogen-bond donors (Lipinski definition) is 6. The SMILES string of the molecule is NCCOP(=O)(O)OP(=O)(O)OCC1OC(n2ccc(=O)[nH]c2=O)C(O)C1O. The Bertz CT molecular complexity index is 886. The molecule has 0 bridgehead atoms. The van der Waals surface area contributed by atoms with Crippen LogP contribution in [0.25, 0.3) is 0 Å². The fourth-order valence-corrected chi connectivity index (χ4v) is 4.33. The van der Waals surface area contributed by atoms with Crippen LogP contribution in [0.3, 0.4) is 0 Å². The molecular formula is C11H19N3O12P2. The van der Waals surface area contributed by atoms with Crippen molar-refractivity contribution < 1.29 is 47.2 Å². The molecule has 0 aromatic carbocycles. The molecule has 1 aliphatic rings. The van der Waals surface area contributed by atoms with E-state index in [-0.39, 0.29) is 6.54 Å². The number of aromatic amines is 1. The average Bonchev–Trinajstić information content (AvgIpc) is 2.86. The molecule has 2 rings (SSSR count). The monoisotopic (exact) mass is 447 g/mol. The summed E-state index contributed by atoms with van der Waals surface area (Å²) >= 11 is 0. The molecule has 1 aromatic rings. The lowest BCUT2D eigenvalue weighted by molar-refractivity contribution is -0.0543. The van der Waals surface area contributed by atoms with Crippen LogP contribution < -0.4 is 17.0 Å². The second-order valence-electron chi connectivity index (χ2n) is 5.50. The lowest BCUT2D eigenvalue weighted by Crippen LogP contribution is -2.37. The molecule has 0 spiro atoms. The van der Waals surface area contributed by atoms with Crippen molar-refractivity contribution in [3.05, 3.63) is 33.1 Å². The highest BCUT2D eigenvalue weighted by Gasteiger charge is 2.46. The van der Waals surface area contributed by atoms with Gasteiger partial charge in [0, 0.05) is 18.8 Å². The smallest absolute Gasteiger partial charge is 0.387 e. The van der Waals surface area contributed by atoms with Gasteiger partial charge in [-0.2, -0.15) is 4.31 Å². The van der Waals surface area contributed by atoms with Crippen molar-refractivity contribution in [3.63, 3.8) is 0 Å². The highest BCUT2D eigenvalue weighted by atomic mass is 31.3. The molecule has 1 aliphatic heterocycles. The van der Waals surface area contributed by atoms with Crippen molar-refractivity contribution in [1.29, 1.82) is 0 Å². The number of hydrogen-bond acceptors (Lipinski definition) is 11. The van der Waals surface area contributed by atoms with Crippen molar-refractivity contribution in [3.8, 4) is 0 Å². The molecule has 17 heteroatoms. The zero-order chi connectivity index (χ0) is 21.1. The highest BCUT2D eigenvalue weighted by molar-refractivity contribution is 7.61. The van der Waals surface area contributed by atoms with Gasteiger partial charge in [0.05, 0.1) is 13.2 Å². The lowest BCUT2D eigenvalue weighted by Gasteiger charge is -2.19. The fourth-order valence-electron chi connectivity index (χ4n) is 2.24. The van der Waals surface area contributed by atoms with Gasteiger partial charge in [-0.25, -0.2) is 13.9 Å². The van der Waals surface area contributed by atoms with Crippen LogP contribution >= 0.6 is 15.6 Å². The summed E-state index contributed by atoms with van der Waals surface area (Å²) in [5.41, 5.74) is 3.43. The summed E-state index contributed by atoms with van der Waals surface area (Å²) in [6, 6.07) is 0.976. The Labute approximate surface area is 156 Å². The first-order valence-corrected chi connectivity index (χ1v) is 10.6. The number of nitrogens with zero attached hydrogens (tertiary/aromatic N) is 1. The first-order chi connectivity index (χ1) is 13.0. The van der Waals surface area contributed by atoms with Gasteiger partial charge in [0.1, 0.15) is 18.3 Å². The third kappa shape index (κ3) is 5.89. The van der Waals surface area contributed by atoms with Crippen LogP contribution in [0, 0.1) is 0 Å². The molecule has 7 N–H and O–H groups in total. The topological polar surface area (TPSA) is 233 Å². The minimum absolute atomic E-state index is 0.157. The number of aromatic nitrogens is 2. The van der Waals surface area contributed by atoms with Crippen molar-refractivity contribution >= 4 is 15.6 Å². The number of phosphoric acid groups is 2. The summed E-state index contributed by atoms with van der Waals surface area (Å²) in [5, 5.41) is 20.0. The molecular weight excluding hydrogens is 428 g/mol. The van der Waals surface area contributed by atoms with Crippen molar-refractivity contribution in [2.24, 2.45) is 5.73 Å². The fraction of sp³-hybridized carbons (Fsp3) is 0.636. The van der Waals surface area contributed by atoms with E-state index in [1.165, 1.54) is 0 Å². The van der Waals surface area contributed by atoms with E-state index < -0.39 is 64.6 Å². The van der Waals surface area contributed by atoms with Gasteiger partial charge in [-0.05, 0) is 0 Å². The Morgan fingerprint density at radius 3 is 2.43 bits per heavy atom. The highest BCUT2D eigenvalue weighted by Crippen LogP contribution is 2.60. The predicted molar refractivity (Wildman–Crippen MR) is 88.9 cm³/mol. The quantitative estimate of drug-likeness (QED) is 0.213. The Hall–Kier alpha value is -1.22. The third-order valence-corrected chi connectivity index (χ3v) is 6.08. The Kier molecular flexibility index (Phi) is 7.47. The summed E-state index contributed by atoms with van der Waals surface area (Å²) < 4.78 is 42.0. The van der Waals surface area contributed by atoms with Crippen LogP contribution in [0.15, 0.2) is 21.9 Å². The molecule has 0 radical (unpaired) electrons. The van der Waals surface area contributed by atoms with E-state index in [2.05, 4.69) is 13.4 Å². The average molecular weight is 447 g/mol. The van der Waals surface area contributed by atoms with Gasteiger partial charge in [-0.3, -0.25) is 23.4 Å². The van der Waals surface area contributed by atoms with Crippen LogP contribution in [0.1, 0.15) is 6.23 Å². The molecule has 1 fully saturated rings. The Balaban J connectivity index is 2.03. The van der Waals surface area contributed by atoms with Crippen molar-refractivity contribution in [2.45, 2.75) is 24.5 Å². The molecule has 160 valence electrons. The van der Waals surface area contributed by atoms with E-state index in [4.69, 9.17) is 10.5 Å². The van der Waals surface area contributed by atoms with Crippen molar-refractivity contribution in [1.82, 2.24) is 9.55 Å². The maximum absolute atomic E-state index is 11.8. The molecule has 1 aromatic heterocycles. The Morgan fingerprint density at radius 2 is 1.82 bits per heavy atom. The summed E-state index contributed by atoms with van der Waals surface area (Å²) in [4.78, 5) is 43.5. The van der Waals surface area contributed by atoms with Crippen LogP contribution in [-0.4, -0.2) is 67.6 Å². The van der Waals surface area contributed by atoms with Crippen molar-refractivity contribution in [2.75, 3.05) is 19.8 Å². The lowest BCUT2D eigenvalue weighted by atomic mass is 10.1. The first kappa shape index (κ1) is 23.1. The van der Waals surface area contributed by atoms with Gasteiger partial charge in [0.2, 0.25) is 0 Å². The minimum atomic E-state index is -5.13. The zero-order valence-corrected chi connectivity index (χ0v) is 15.8. The normalized spacial score (nSPS) is 29.3. The van der Waals surface area contributed by atoms with Crippen LogP contribution in [0.2, 0.25) is 0 Å². The molecule has 1 saturated heterocycles. The summed E-state index contributed by atoms with van der Waals surface area (Å²) in [5.74, 6) is 0. The minimum Gasteiger partial charge on any atom is -0.387 e. The van der Waals surface area contributed by atoms with E-state index in [0.29, 0.717) is 0 Å². The number of nitrogens with one attached hydrogen (secondary N) is 1. The third-order valence-electron chi connectivity index (χ3n) is 3.44. The molecule has 6 unspecified atom stereocenters. The summed E-state index contributed by atoms with van der Waals surface area (Å²) in [6.07, 6.45) is -5.18. The number of aliphatic hydroxyl groups is 2. The number of aliphatic hydroxyl groups excluding tert-OH is 2. The maximum Gasteiger partial charge on any atom is 0.481 e. The van der Waals surface area contributed by atoms with Gasteiger partial charge in [0.15, 0.2) is 6.23 Å². The van der Waals surface area contributed by atoms with Gasteiger partial charge in [-0.15, -0.1) is 0 Å². The molecule has 2 heterocycles. The number of nitrogens with two attached hydrogens (primary N) is 1. The molecule has 15 nitrogen and oxygen atoms in total. The summed E-state index contributed by atoms with van der Waals surface area (Å²) in [7, 11) is -10.1. The number of rotatable bonds is 9. The Morgan fingerprint density at radius 1 is 1.18 bits per heavy atom. The standard InChI is InChI=1S/C11H19N3O12P2/c12-2-4-23-27(19,20)26-28(21,22)24-5-6-8(16)9(17)10(25-6)14-3-1-7(15)13-11(14)18/h1,3,6,8-10,16-17H,2,4-5,12H2,(H,19,20)(H,21,22)(H,13,15,18). The molecule has 28 heavy (non-hydrogen) atoms. The van der Waals surface area contributed by atoms with Gasteiger partial charge in [0.25, 0.3) is 5.56 Å². The predicted octanol–water partition coefficient (Wildman–Crippen LogP) is -2.63. The molecule has 0 saturated carbocycles. The summed E-state index contributed by atoms with van der Waals surface area (Å²) in [6.45, 7) is -1.45. The number of phosphoric ester groups is 2. The van der Waals surface area contributed by atoms with Crippen LogP contribution in [0.4, 0.5) is 0 Å². The van der Waals surface area contributed by atoms with Gasteiger partial charge >= 0.3 is 21.3 Å². The maximum atomic E-state index is 11.8. The van der Waals surface area contributed by atoms with E-state index in [0.717, 1.165) is 16.8 Å². The van der Waals surface area contributed by atoms with E-state index in [1.54, 1.807) is 0 Å². The molecule has 0 amide bonds.